The van der Waals surface area contributed by atoms with Gasteiger partial charge < -0.3 is 24.4 Å². The maximum Gasteiger partial charge on any atom is 0.229 e. The summed E-state index contributed by atoms with van der Waals surface area (Å²) in [6.07, 6.45) is 0.443. The van der Waals surface area contributed by atoms with Gasteiger partial charge in [0.2, 0.25) is 17.4 Å². The second-order valence-corrected chi connectivity index (χ2v) is 4.32. The number of hydrogen-bond donors (Lipinski definition) is 2. The molecule has 7 nitrogen and oxygen atoms in total. The van der Waals surface area contributed by atoms with E-state index in [1.54, 1.807) is 0 Å². The predicted octanol–water partition coefficient (Wildman–Crippen LogP) is 1.21. The zero-order chi connectivity index (χ0) is 14.9. The number of carbonyl (C=O) groups is 1. The third-order valence-corrected chi connectivity index (χ3v) is 3.29. The van der Waals surface area contributed by atoms with Gasteiger partial charge >= 0.3 is 0 Å². The van der Waals surface area contributed by atoms with E-state index in [1.807, 2.05) is 0 Å². The summed E-state index contributed by atoms with van der Waals surface area (Å²) in [5.74, 6) is -1.01. The van der Waals surface area contributed by atoms with Crippen LogP contribution in [0.2, 0.25) is 0 Å². The fourth-order valence-corrected chi connectivity index (χ4v) is 2.31. The Morgan fingerprint density at radius 3 is 2.45 bits per heavy atom. The van der Waals surface area contributed by atoms with Crippen LogP contribution >= 0.6 is 0 Å². The molecule has 1 unspecified atom stereocenters. The van der Waals surface area contributed by atoms with Crippen molar-refractivity contribution < 1.29 is 29.2 Å². The van der Waals surface area contributed by atoms with Crippen molar-refractivity contribution in [2.75, 3.05) is 26.2 Å². The van der Waals surface area contributed by atoms with Crippen molar-refractivity contribution in [1.82, 2.24) is 0 Å². The van der Waals surface area contributed by atoms with E-state index >= 15 is 0 Å². The molecular formula is C13H17NO6. The summed E-state index contributed by atoms with van der Waals surface area (Å²) < 4.78 is 15.3. The van der Waals surface area contributed by atoms with Gasteiger partial charge in [-0.15, -0.1) is 0 Å². The van der Waals surface area contributed by atoms with Gasteiger partial charge in [0.25, 0.3) is 0 Å². The average molecular weight is 283 g/mol. The van der Waals surface area contributed by atoms with Gasteiger partial charge in [-0.1, -0.05) is 0 Å². The lowest BCUT2D eigenvalue weighted by molar-refractivity contribution is -0.117. The number of methoxy groups -OCH3 is 3. The molecule has 0 radical (unpaired) electrons. The number of phenolic OH excluding ortho intramolecular Hbond substituents is 2. The Bertz CT molecular complexity index is 530. The molecule has 1 fully saturated rings. The van der Waals surface area contributed by atoms with E-state index < -0.39 is 17.7 Å². The van der Waals surface area contributed by atoms with Crippen molar-refractivity contribution in [2.24, 2.45) is 0 Å². The van der Waals surface area contributed by atoms with Gasteiger partial charge in [-0.05, 0) is 0 Å². The highest BCUT2D eigenvalue weighted by molar-refractivity contribution is 5.98. The van der Waals surface area contributed by atoms with E-state index in [-0.39, 0.29) is 17.4 Å². The number of hydrogen-bond acceptors (Lipinski definition) is 6. The molecule has 1 aliphatic rings. The molecule has 1 aliphatic heterocycles. The number of rotatable bonds is 4. The Balaban J connectivity index is 2.60. The van der Waals surface area contributed by atoms with Crippen LogP contribution < -0.4 is 14.4 Å². The molecule has 1 heterocycles. The normalized spacial score (nSPS) is 18.4. The lowest BCUT2D eigenvalue weighted by atomic mass is 10.2. The average Bonchev–Trinajstić information content (AvgIpc) is 2.82. The lowest BCUT2D eigenvalue weighted by Gasteiger charge is -2.26. The zero-order valence-electron chi connectivity index (χ0n) is 11.5. The lowest BCUT2D eigenvalue weighted by Crippen LogP contribution is -2.34. The Morgan fingerprint density at radius 1 is 1.20 bits per heavy atom. The van der Waals surface area contributed by atoms with Crippen molar-refractivity contribution in [3.8, 4) is 23.0 Å². The maximum atomic E-state index is 12.0. The molecule has 7 heteroatoms. The molecule has 1 amide bonds. The topological polar surface area (TPSA) is 88.5 Å². The number of carbonyl (C=O) groups excluding carboxylic acids is 1. The third-order valence-electron chi connectivity index (χ3n) is 3.29. The number of benzene rings is 1. The predicted molar refractivity (Wildman–Crippen MR) is 70.4 cm³/mol. The van der Waals surface area contributed by atoms with Gasteiger partial charge in [0.05, 0.1) is 19.9 Å². The molecule has 1 atom stereocenters. The largest absolute Gasteiger partial charge is 0.502 e. The Morgan fingerprint density at radius 2 is 1.90 bits per heavy atom. The van der Waals surface area contributed by atoms with Crippen LogP contribution in [0.3, 0.4) is 0 Å². The van der Waals surface area contributed by atoms with Crippen molar-refractivity contribution in [3.05, 3.63) is 6.07 Å². The van der Waals surface area contributed by atoms with Crippen LogP contribution in [0.15, 0.2) is 6.07 Å². The minimum atomic E-state index is -0.476. The molecule has 110 valence electrons. The Labute approximate surface area is 116 Å². The molecule has 2 rings (SSSR count). The number of nitrogens with zero attached hydrogens (tertiary/aromatic N) is 1. The highest BCUT2D eigenvalue weighted by atomic mass is 16.5. The monoisotopic (exact) mass is 283 g/mol. The van der Waals surface area contributed by atoms with E-state index in [9.17, 15) is 15.0 Å². The van der Waals surface area contributed by atoms with E-state index in [0.29, 0.717) is 18.5 Å². The molecule has 2 N–H and O–H groups in total. The molecule has 1 saturated heterocycles. The summed E-state index contributed by atoms with van der Waals surface area (Å²) in [6, 6.07) is 1.43. The molecule has 0 spiro atoms. The fraction of sp³-hybridized carbons (Fsp3) is 0.462. The summed E-state index contributed by atoms with van der Waals surface area (Å²) in [5.41, 5.74) is 0.300. The van der Waals surface area contributed by atoms with Gasteiger partial charge in [-0.2, -0.15) is 0 Å². The smallest absolute Gasteiger partial charge is 0.229 e. The molecule has 0 bridgehead atoms. The number of anilines is 1. The summed E-state index contributed by atoms with van der Waals surface area (Å²) in [6.45, 7) is 0. The second-order valence-electron chi connectivity index (χ2n) is 4.32. The molecular weight excluding hydrogens is 266 g/mol. The highest BCUT2D eigenvalue weighted by Gasteiger charge is 2.36. The number of phenols is 2. The van der Waals surface area contributed by atoms with Crippen molar-refractivity contribution in [2.45, 2.75) is 19.1 Å². The van der Waals surface area contributed by atoms with Crippen LogP contribution in [-0.2, 0) is 9.53 Å². The van der Waals surface area contributed by atoms with Crippen LogP contribution in [0.1, 0.15) is 12.8 Å². The fourth-order valence-electron chi connectivity index (χ4n) is 2.31. The maximum absolute atomic E-state index is 12.0. The third kappa shape index (κ3) is 2.09. The summed E-state index contributed by atoms with van der Waals surface area (Å²) in [7, 11) is 4.19. The highest BCUT2D eigenvalue weighted by Crippen LogP contribution is 2.50. The van der Waals surface area contributed by atoms with E-state index in [2.05, 4.69) is 0 Å². The Hall–Kier alpha value is -2.15. The standard InChI is InChI=1S/C13H17NO6/c1-18-8-6-7(13(20-3)12(17)11(8)16)14-9(15)4-5-10(14)19-2/h6,10,16-17H,4-5H2,1-3H3. The van der Waals surface area contributed by atoms with Gasteiger partial charge in [0.15, 0.2) is 11.5 Å². The molecule has 1 aromatic rings. The minimum Gasteiger partial charge on any atom is -0.502 e. The number of ether oxygens (including phenoxy) is 3. The molecule has 0 aliphatic carbocycles. The summed E-state index contributed by atoms with van der Waals surface area (Å²) in [5, 5.41) is 19.7. The van der Waals surface area contributed by atoms with Crippen LogP contribution in [0.4, 0.5) is 5.69 Å². The number of amides is 1. The first-order valence-electron chi connectivity index (χ1n) is 6.06. The van der Waals surface area contributed by atoms with Gasteiger partial charge in [-0.25, -0.2) is 0 Å². The number of aromatic hydroxyl groups is 2. The SMILES string of the molecule is COc1cc(N2C(=O)CCC2OC)c(OC)c(O)c1O. The van der Waals surface area contributed by atoms with Crippen LogP contribution in [0.5, 0.6) is 23.0 Å². The van der Waals surface area contributed by atoms with E-state index in [4.69, 9.17) is 14.2 Å². The van der Waals surface area contributed by atoms with Crippen LogP contribution in [0, 0.1) is 0 Å². The molecule has 0 saturated carbocycles. The van der Waals surface area contributed by atoms with Crippen LogP contribution in [-0.4, -0.2) is 43.7 Å². The first-order valence-corrected chi connectivity index (χ1v) is 6.06. The van der Waals surface area contributed by atoms with Crippen molar-refractivity contribution in [1.29, 1.82) is 0 Å². The second kappa shape index (κ2) is 5.46. The first-order chi connectivity index (χ1) is 9.54. The van der Waals surface area contributed by atoms with E-state index in [1.165, 1.54) is 32.3 Å². The quantitative estimate of drug-likeness (QED) is 0.808. The van der Waals surface area contributed by atoms with Gasteiger partial charge in [0, 0.05) is 26.0 Å². The van der Waals surface area contributed by atoms with Crippen molar-refractivity contribution in [3.63, 3.8) is 0 Å². The summed E-state index contributed by atoms with van der Waals surface area (Å²) in [4.78, 5) is 13.4. The molecule has 0 aromatic heterocycles. The van der Waals surface area contributed by atoms with Crippen LogP contribution in [0.25, 0.3) is 0 Å². The zero-order valence-corrected chi connectivity index (χ0v) is 11.5. The molecule has 20 heavy (non-hydrogen) atoms. The molecule has 1 aromatic carbocycles. The first kappa shape index (κ1) is 14.3. The summed E-state index contributed by atoms with van der Waals surface area (Å²) >= 11 is 0. The van der Waals surface area contributed by atoms with Crippen molar-refractivity contribution >= 4 is 11.6 Å². The van der Waals surface area contributed by atoms with E-state index in [0.717, 1.165) is 0 Å². The Kier molecular flexibility index (Phi) is 3.89. The minimum absolute atomic E-state index is 0.000556. The van der Waals surface area contributed by atoms with Gasteiger partial charge in [-0.3, -0.25) is 9.69 Å². The van der Waals surface area contributed by atoms with Gasteiger partial charge in [0.1, 0.15) is 6.23 Å².